The second kappa shape index (κ2) is 8.28. The highest BCUT2D eigenvalue weighted by Gasteiger charge is 2.24. The summed E-state index contributed by atoms with van der Waals surface area (Å²) in [5, 5.41) is 5.08. The minimum atomic E-state index is -0.424. The van der Waals surface area contributed by atoms with Gasteiger partial charge in [-0.25, -0.2) is 0 Å². The molecule has 0 aromatic heterocycles. The minimum Gasteiger partial charge on any atom is -0.484 e. The number of hydrogen-bond donors (Lipinski definition) is 2. The maximum absolute atomic E-state index is 12.0. The average molecular weight is 403 g/mol. The second-order valence-corrected chi connectivity index (χ2v) is 7.15. The van der Waals surface area contributed by atoms with E-state index in [9.17, 15) is 14.4 Å². The third-order valence-corrected chi connectivity index (χ3v) is 4.84. The van der Waals surface area contributed by atoms with Gasteiger partial charge in [-0.05, 0) is 60.2 Å². The summed E-state index contributed by atoms with van der Waals surface area (Å²) >= 11 is 6.88. The van der Waals surface area contributed by atoms with Crippen molar-refractivity contribution in [1.29, 1.82) is 0 Å². The van der Waals surface area contributed by atoms with Gasteiger partial charge in [-0.1, -0.05) is 29.8 Å². The highest BCUT2D eigenvalue weighted by atomic mass is 35.5. The van der Waals surface area contributed by atoms with Gasteiger partial charge in [-0.15, -0.1) is 0 Å². The third-order valence-electron chi connectivity index (χ3n) is 3.62. The number of hydrogen-bond acceptors (Lipinski definition) is 5. The largest absolute Gasteiger partial charge is 0.484 e. The van der Waals surface area contributed by atoms with Crippen molar-refractivity contribution in [3.8, 4) is 5.75 Å². The monoisotopic (exact) mass is 402 g/mol. The normalized spacial score (nSPS) is 15.0. The summed E-state index contributed by atoms with van der Waals surface area (Å²) in [7, 11) is 0. The first-order valence-corrected chi connectivity index (χ1v) is 9.14. The van der Waals surface area contributed by atoms with Gasteiger partial charge in [0.25, 0.3) is 17.1 Å². The molecule has 0 aliphatic carbocycles. The van der Waals surface area contributed by atoms with Crippen molar-refractivity contribution in [1.82, 2.24) is 5.32 Å². The first-order valence-electron chi connectivity index (χ1n) is 7.94. The summed E-state index contributed by atoms with van der Waals surface area (Å²) in [6, 6.07) is 12.1. The summed E-state index contributed by atoms with van der Waals surface area (Å²) < 4.78 is 5.50. The van der Waals surface area contributed by atoms with E-state index in [0.29, 0.717) is 26.9 Å². The van der Waals surface area contributed by atoms with Gasteiger partial charge in [0, 0.05) is 10.7 Å². The van der Waals surface area contributed by atoms with Gasteiger partial charge in [0.15, 0.2) is 6.61 Å². The molecule has 0 radical (unpaired) electrons. The fraction of sp³-hybridized carbons (Fsp3) is 0.105. The highest BCUT2D eigenvalue weighted by Crippen LogP contribution is 2.26. The van der Waals surface area contributed by atoms with Gasteiger partial charge >= 0.3 is 0 Å². The first kappa shape index (κ1) is 19.0. The molecule has 2 N–H and O–H groups in total. The number of amides is 3. The maximum Gasteiger partial charge on any atom is 0.290 e. The number of imide groups is 1. The molecule has 8 heteroatoms. The van der Waals surface area contributed by atoms with E-state index in [1.165, 1.54) is 0 Å². The number of benzene rings is 2. The van der Waals surface area contributed by atoms with Crippen LogP contribution in [0.4, 0.5) is 10.5 Å². The van der Waals surface area contributed by atoms with Crippen LogP contribution in [-0.2, 0) is 9.59 Å². The Morgan fingerprint density at radius 1 is 1.26 bits per heavy atom. The van der Waals surface area contributed by atoms with Crippen molar-refractivity contribution in [2.45, 2.75) is 6.92 Å². The van der Waals surface area contributed by atoms with Gasteiger partial charge in [0.1, 0.15) is 5.75 Å². The van der Waals surface area contributed by atoms with Crippen molar-refractivity contribution < 1.29 is 19.1 Å². The number of rotatable bonds is 5. The van der Waals surface area contributed by atoms with E-state index in [4.69, 9.17) is 16.3 Å². The Morgan fingerprint density at radius 3 is 2.78 bits per heavy atom. The molecule has 1 aliphatic heterocycles. The van der Waals surface area contributed by atoms with Crippen LogP contribution in [0.15, 0.2) is 47.4 Å². The fourth-order valence-corrected chi connectivity index (χ4v) is 3.15. The zero-order chi connectivity index (χ0) is 19.4. The lowest BCUT2D eigenvalue weighted by Gasteiger charge is -2.09. The van der Waals surface area contributed by atoms with Crippen LogP contribution in [0.25, 0.3) is 6.08 Å². The lowest BCUT2D eigenvalue weighted by Crippen LogP contribution is -2.20. The molecule has 1 saturated heterocycles. The molecule has 2 aromatic rings. The third kappa shape index (κ3) is 5.12. The molecule has 6 nitrogen and oxygen atoms in total. The predicted octanol–water partition coefficient (Wildman–Crippen LogP) is 3.99. The van der Waals surface area contributed by atoms with Crippen LogP contribution in [0.3, 0.4) is 0 Å². The SMILES string of the molecule is Cc1ccc(NC(=O)COc2cccc(/C=C3\SC(=O)NC3=O)c2)cc1Cl. The van der Waals surface area contributed by atoms with Crippen molar-refractivity contribution >= 4 is 52.2 Å². The molecule has 3 rings (SSSR count). The topological polar surface area (TPSA) is 84.5 Å². The molecular formula is C19H15ClN2O4S. The van der Waals surface area contributed by atoms with Crippen molar-refractivity contribution in [3.05, 3.63) is 63.5 Å². The van der Waals surface area contributed by atoms with E-state index in [-0.39, 0.29) is 12.5 Å². The Kier molecular flexibility index (Phi) is 5.83. The Morgan fingerprint density at radius 2 is 2.07 bits per heavy atom. The van der Waals surface area contributed by atoms with Crippen molar-refractivity contribution in [3.63, 3.8) is 0 Å². The van der Waals surface area contributed by atoms with Gasteiger partial charge in [-0.3, -0.25) is 19.7 Å². The Labute approximate surface area is 164 Å². The van der Waals surface area contributed by atoms with Crippen LogP contribution in [0.1, 0.15) is 11.1 Å². The van der Waals surface area contributed by atoms with Crippen LogP contribution in [0.2, 0.25) is 5.02 Å². The van der Waals surface area contributed by atoms with Gasteiger partial charge in [0.2, 0.25) is 0 Å². The summed E-state index contributed by atoms with van der Waals surface area (Å²) in [4.78, 5) is 35.1. The van der Waals surface area contributed by atoms with E-state index in [0.717, 1.165) is 17.3 Å². The first-order chi connectivity index (χ1) is 12.9. The zero-order valence-electron chi connectivity index (χ0n) is 14.2. The Bertz CT molecular complexity index is 958. The molecule has 0 unspecified atom stereocenters. The van der Waals surface area contributed by atoms with E-state index in [1.54, 1.807) is 42.5 Å². The summed E-state index contributed by atoms with van der Waals surface area (Å²) in [5.74, 6) is -0.279. The molecule has 0 bridgehead atoms. The number of carbonyl (C=O) groups is 3. The number of aryl methyl sites for hydroxylation is 1. The minimum absolute atomic E-state index is 0.181. The quantitative estimate of drug-likeness (QED) is 0.739. The standard InChI is InChI=1S/C19H15ClN2O4S/c1-11-5-6-13(9-15(11)20)21-17(23)10-26-14-4-2-3-12(7-14)8-16-18(24)22-19(25)27-16/h2-9H,10H2,1H3,(H,21,23)(H,22,24,25)/b16-8-. The number of thioether (sulfide) groups is 1. The van der Waals surface area contributed by atoms with E-state index >= 15 is 0 Å². The highest BCUT2D eigenvalue weighted by molar-refractivity contribution is 8.18. The smallest absolute Gasteiger partial charge is 0.290 e. The van der Waals surface area contributed by atoms with Crippen LogP contribution in [-0.4, -0.2) is 23.7 Å². The lowest BCUT2D eigenvalue weighted by atomic mass is 10.2. The Balaban J connectivity index is 1.60. The molecule has 2 aromatic carbocycles. The summed E-state index contributed by atoms with van der Waals surface area (Å²) in [6.45, 7) is 1.70. The predicted molar refractivity (Wildman–Crippen MR) is 106 cm³/mol. The molecule has 0 saturated carbocycles. The maximum atomic E-state index is 12.0. The summed E-state index contributed by atoms with van der Waals surface area (Å²) in [5.41, 5.74) is 2.20. The molecule has 1 fully saturated rings. The van der Waals surface area contributed by atoms with E-state index in [2.05, 4.69) is 10.6 Å². The number of nitrogens with one attached hydrogen (secondary N) is 2. The fourth-order valence-electron chi connectivity index (χ4n) is 2.28. The number of anilines is 1. The van der Waals surface area contributed by atoms with Gasteiger partial charge < -0.3 is 10.1 Å². The molecule has 0 atom stereocenters. The average Bonchev–Trinajstić information content (AvgIpc) is 2.94. The van der Waals surface area contributed by atoms with Gasteiger partial charge in [-0.2, -0.15) is 0 Å². The molecular weight excluding hydrogens is 388 g/mol. The molecule has 27 heavy (non-hydrogen) atoms. The molecule has 1 aliphatic rings. The van der Waals surface area contributed by atoms with Crippen molar-refractivity contribution in [2.75, 3.05) is 11.9 Å². The molecule has 138 valence electrons. The van der Waals surface area contributed by atoms with E-state index < -0.39 is 11.1 Å². The van der Waals surface area contributed by atoms with Crippen LogP contribution < -0.4 is 15.4 Å². The molecule has 3 amide bonds. The number of ether oxygens (including phenoxy) is 1. The molecule has 1 heterocycles. The zero-order valence-corrected chi connectivity index (χ0v) is 15.8. The lowest BCUT2D eigenvalue weighted by molar-refractivity contribution is -0.118. The Hall–Kier alpha value is -2.77. The number of halogens is 1. The second-order valence-electron chi connectivity index (χ2n) is 5.73. The van der Waals surface area contributed by atoms with Crippen molar-refractivity contribution in [2.24, 2.45) is 0 Å². The van der Waals surface area contributed by atoms with Crippen LogP contribution in [0.5, 0.6) is 5.75 Å². The number of carbonyl (C=O) groups excluding carboxylic acids is 3. The van der Waals surface area contributed by atoms with E-state index in [1.807, 2.05) is 13.0 Å². The van der Waals surface area contributed by atoms with Crippen LogP contribution in [0, 0.1) is 6.92 Å². The van der Waals surface area contributed by atoms with Crippen LogP contribution >= 0.6 is 23.4 Å². The van der Waals surface area contributed by atoms with Gasteiger partial charge in [0.05, 0.1) is 4.91 Å². The molecule has 0 spiro atoms. The summed E-state index contributed by atoms with van der Waals surface area (Å²) in [6.07, 6.45) is 1.59.